The van der Waals surface area contributed by atoms with Crippen molar-refractivity contribution in [3.8, 4) is 22.5 Å². The van der Waals surface area contributed by atoms with E-state index in [1.54, 1.807) is 6.07 Å². The summed E-state index contributed by atoms with van der Waals surface area (Å²) in [6.45, 7) is 12.8. The van der Waals surface area contributed by atoms with Gasteiger partial charge in [-0.2, -0.15) is 13.2 Å². The van der Waals surface area contributed by atoms with Crippen LogP contribution in [0.1, 0.15) is 114 Å². The van der Waals surface area contributed by atoms with Crippen LogP contribution >= 0.6 is 11.3 Å². The topological polar surface area (TPSA) is 180 Å². The highest BCUT2D eigenvalue weighted by molar-refractivity contribution is 7.10. The summed E-state index contributed by atoms with van der Waals surface area (Å²) in [5.41, 5.74) is 6.92. The molecule has 1 spiro atoms. The number of ether oxygens (including phenoxy) is 2. The lowest BCUT2D eigenvalue weighted by atomic mass is 9.84. The highest BCUT2D eigenvalue weighted by atomic mass is 32.1. The summed E-state index contributed by atoms with van der Waals surface area (Å²) in [5, 5.41) is 11.2. The third-order valence-corrected chi connectivity index (χ3v) is 19.7. The van der Waals surface area contributed by atoms with Gasteiger partial charge in [-0.1, -0.05) is 46.6 Å². The number of hydrogen-bond donors (Lipinski definition) is 3. The predicted octanol–water partition coefficient (Wildman–Crippen LogP) is 6.67. The minimum Gasteiger partial charge on any atom is -0.464 e. The van der Waals surface area contributed by atoms with Crippen molar-refractivity contribution in [3.63, 3.8) is 0 Å². The second kappa shape index (κ2) is 21.5. The minimum atomic E-state index is -4.57. The Labute approximate surface area is 476 Å². The number of piperazine rings is 1. The summed E-state index contributed by atoms with van der Waals surface area (Å²) < 4.78 is 59.5. The number of nitrogens with zero attached hydrogens (tertiary/aromatic N) is 8. The zero-order valence-electron chi connectivity index (χ0n) is 47.2. The lowest BCUT2D eigenvalue weighted by Crippen LogP contribution is -2.73. The quantitative estimate of drug-likeness (QED) is 0.107. The van der Waals surface area contributed by atoms with Gasteiger partial charge in [-0.25, -0.2) is 10.4 Å². The first-order valence-electron chi connectivity index (χ1n) is 30.0. The first-order valence-corrected chi connectivity index (χ1v) is 30.9. The number of benzene rings is 1. The van der Waals surface area contributed by atoms with E-state index in [9.17, 15) is 9.59 Å². The van der Waals surface area contributed by atoms with E-state index >= 15 is 22.8 Å². The maximum Gasteiger partial charge on any atom is 0.406 e. The predicted molar refractivity (Wildman–Crippen MR) is 301 cm³/mol. The van der Waals surface area contributed by atoms with E-state index in [1.807, 2.05) is 62.4 Å². The summed E-state index contributed by atoms with van der Waals surface area (Å²) in [4.78, 5) is 77.1. The average molecular weight is 1140 g/mol. The van der Waals surface area contributed by atoms with Gasteiger partial charge in [0.2, 0.25) is 11.8 Å². The van der Waals surface area contributed by atoms with Crippen molar-refractivity contribution in [3.05, 3.63) is 52.1 Å². The molecule has 3 amide bonds. The number of amides is 3. The van der Waals surface area contributed by atoms with Crippen LogP contribution in [0.15, 0.2) is 35.8 Å². The van der Waals surface area contributed by atoms with Crippen molar-refractivity contribution in [2.75, 3.05) is 77.0 Å². The monoisotopic (exact) mass is 1140 g/mol. The number of fused-ring (bicyclic) bond motifs is 6. The Bertz CT molecular complexity index is 3060. The van der Waals surface area contributed by atoms with Crippen LogP contribution in [0.25, 0.3) is 33.4 Å². The van der Waals surface area contributed by atoms with Gasteiger partial charge in [0.15, 0.2) is 0 Å². The number of nitrogens with one attached hydrogen (secondary N) is 3. The first-order chi connectivity index (χ1) is 38.9. The number of morpholine rings is 1. The van der Waals surface area contributed by atoms with E-state index in [2.05, 4.69) is 30.8 Å². The Morgan fingerprint density at radius 2 is 1.72 bits per heavy atom. The fraction of sp³-hybridized carbons (Fsp3) is 0.667. The standard InChI is InChI=1S/C60H78F3N11O6S/c1-35(2)49-42(25-40(28-64-49)70-20-18-69(19-21-70)39-14-15-39)53-43-27-58(3,4)34-79-57(78)44-10-7-17-74(68-44)55(76)45(26-48-65-46(29-81-48)38-13-16-47(41(43)24-38)73(53)33-60(61,62)63)66-54(75)52(37-8-5-6-9-37)71-22-23-80-59(30-71)31-72(32-59)56(77)51-50(67-51)36-11-12-36/h13,16,24-25,28-29,35-37,39,44-45,50-52,67-68H,5-12,14-15,17-23,26-27,30-34H2,1-4H3,(H,66,75)/t44-,45-,50+,51+,52-/m0/s1. The van der Waals surface area contributed by atoms with E-state index in [0.29, 0.717) is 114 Å². The molecule has 21 heteroatoms. The van der Waals surface area contributed by atoms with Gasteiger partial charge < -0.3 is 29.2 Å². The Hall–Kier alpha value is -5.19. The third kappa shape index (κ3) is 11.4. The van der Waals surface area contributed by atoms with E-state index in [1.165, 1.54) is 46.6 Å². The Kier molecular flexibility index (Phi) is 14.6. The van der Waals surface area contributed by atoms with Crippen LogP contribution in [0.5, 0.6) is 0 Å². The smallest absolute Gasteiger partial charge is 0.406 e. The number of halogens is 3. The maximum absolute atomic E-state index is 15.2. The molecule has 6 aliphatic heterocycles. The lowest BCUT2D eigenvalue weighted by molar-refractivity contribution is -0.197. The summed E-state index contributed by atoms with van der Waals surface area (Å²) in [6, 6.07) is 5.92. The number of thiazole rings is 1. The molecule has 13 rings (SSSR count). The summed E-state index contributed by atoms with van der Waals surface area (Å²) in [5.74, 6) is -0.502. The second-order valence-electron chi connectivity index (χ2n) is 26.1. The molecule has 3 N–H and O–H groups in total. The highest BCUT2D eigenvalue weighted by Gasteiger charge is 2.58. The molecule has 0 radical (unpaired) electrons. The van der Waals surface area contributed by atoms with E-state index in [-0.39, 0.29) is 55.2 Å². The minimum absolute atomic E-state index is 0.0455. The highest BCUT2D eigenvalue weighted by Crippen LogP contribution is 2.46. The molecule has 5 atom stereocenters. The van der Waals surface area contributed by atoms with Gasteiger partial charge in [0, 0.05) is 97.1 Å². The molecule has 436 valence electrons. The van der Waals surface area contributed by atoms with Gasteiger partial charge in [0.25, 0.3) is 5.91 Å². The molecule has 1 aromatic carbocycles. The van der Waals surface area contributed by atoms with Gasteiger partial charge in [-0.3, -0.25) is 44.3 Å². The zero-order chi connectivity index (χ0) is 56.1. The molecule has 9 heterocycles. The van der Waals surface area contributed by atoms with Crippen molar-refractivity contribution < 1.29 is 41.8 Å². The number of anilines is 1. The van der Waals surface area contributed by atoms with Gasteiger partial charge in [0.05, 0.1) is 66.3 Å². The number of pyridine rings is 1. The van der Waals surface area contributed by atoms with Crippen LogP contribution in [0.2, 0.25) is 0 Å². The van der Waals surface area contributed by atoms with Crippen molar-refractivity contribution in [1.29, 1.82) is 0 Å². The molecule has 17 nitrogen and oxygen atoms in total. The Balaban J connectivity index is 0.838. The molecule has 6 bridgehead atoms. The van der Waals surface area contributed by atoms with Crippen LogP contribution in [0.3, 0.4) is 0 Å². The van der Waals surface area contributed by atoms with Crippen LogP contribution in [0, 0.1) is 17.3 Å². The number of hydrogen-bond acceptors (Lipinski definition) is 14. The number of aromatic nitrogens is 3. The number of carbonyl (C=O) groups is 4. The largest absolute Gasteiger partial charge is 0.464 e. The number of alkyl halides is 3. The van der Waals surface area contributed by atoms with Crippen molar-refractivity contribution in [2.24, 2.45) is 17.3 Å². The van der Waals surface area contributed by atoms with E-state index < -0.39 is 53.7 Å². The Morgan fingerprint density at radius 1 is 0.938 bits per heavy atom. The van der Waals surface area contributed by atoms with Crippen LogP contribution in [-0.2, 0) is 48.0 Å². The number of cyclic esters (lactones) is 1. The summed E-state index contributed by atoms with van der Waals surface area (Å²) in [7, 11) is 0. The van der Waals surface area contributed by atoms with E-state index in [4.69, 9.17) is 19.4 Å². The number of carbonyl (C=O) groups excluding carboxylic acids is 4. The molecule has 8 fully saturated rings. The van der Waals surface area contributed by atoms with Gasteiger partial charge in [0.1, 0.15) is 30.3 Å². The molecule has 4 aromatic rings. The normalized spacial score (nSPS) is 27.1. The lowest BCUT2D eigenvalue weighted by Gasteiger charge is -2.55. The third-order valence-electron chi connectivity index (χ3n) is 18.9. The maximum atomic E-state index is 15.2. The number of rotatable bonds is 11. The van der Waals surface area contributed by atoms with Crippen molar-refractivity contribution in [1.82, 2.24) is 50.3 Å². The van der Waals surface area contributed by atoms with Crippen molar-refractivity contribution in [2.45, 2.75) is 165 Å². The molecule has 3 aromatic heterocycles. The SMILES string of the molecule is CC(C)c1ncc(N2CCN(C3CC3)CC2)cc1-c1c2c3cc(ccc3n1CC(F)(F)F)-c1csc(n1)C[C@H](NC(=O)[C@H](C1CCCC1)N1CCOC3(CN(C(=O)[C@@H]4N[C@@H]4C4CC4)C3)C1)C(=O)N1CCC[C@H](N1)C(=O)OCC(C)(C)C2. The molecule has 3 aliphatic carbocycles. The first kappa shape index (κ1) is 55.0. The molecule has 3 saturated carbocycles. The number of esters is 1. The fourth-order valence-corrected chi connectivity index (χ4v) is 15.2. The van der Waals surface area contributed by atoms with Gasteiger partial charge in [-0.15, -0.1) is 11.3 Å². The van der Waals surface area contributed by atoms with Crippen LogP contribution in [0.4, 0.5) is 18.9 Å². The number of hydrazine groups is 1. The van der Waals surface area contributed by atoms with Gasteiger partial charge >= 0.3 is 12.1 Å². The average Bonchev–Trinajstić information content (AvgIpc) is 4.09. The summed E-state index contributed by atoms with van der Waals surface area (Å²) in [6.07, 6.45) is 7.10. The van der Waals surface area contributed by atoms with Crippen LogP contribution < -0.4 is 21.0 Å². The molecule has 0 unspecified atom stereocenters. The van der Waals surface area contributed by atoms with E-state index in [0.717, 1.165) is 57.5 Å². The Morgan fingerprint density at radius 3 is 2.44 bits per heavy atom. The van der Waals surface area contributed by atoms with Crippen LogP contribution in [-0.4, -0.2) is 178 Å². The number of likely N-dealkylation sites (tertiary alicyclic amines) is 1. The molecular formula is C60H78F3N11O6S. The van der Waals surface area contributed by atoms with Gasteiger partial charge in [-0.05, 0) is 99.3 Å². The fourth-order valence-electron chi connectivity index (χ4n) is 14.4. The molecule has 9 aliphatic rings. The second-order valence-corrected chi connectivity index (χ2v) is 27.1. The molecule has 81 heavy (non-hydrogen) atoms. The zero-order valence-corrected chi connectivity index (χ0v) is 48.0. The molecule has 5 saturated heterocycles. The van der Waals surface area contributed by atoms with Crippen molar-refractivity contribution >= 4 is 51.6 Å². The molecular weight excluding hydrogens is 1060 g/mol. The summed E-state index contributed by atoms with van der Waals surface area (Å²) >= 11 is 1.36.